The highest BCUT2D eigenvalue weighted by molar-refractivity contribution is 7.90. The first kappa shape index (κ1) is 20.1. The van der Waals surface area contributed by atoms with E-state index in [4.69, 9.17) is 0 Å². The van der Waals surface area contributed by atoms with Crippen LogP contribution in [0.15, 0.2) is 58.3 Å². The molecule has 0 spiro atoms. The molecule has 0 aliphatic rings. The Morgan fingerprint density at radius 1 is 0.885 bits per heavy atom. The molecular weight excluding hydrogens is 376 g/mol. The van der Waals surface area contributed by atoms with Gasteiger partial charge in [0.2, 0.25) is 15.9 Å². The maximum atomic E-state index is 12.5. The number of benzene rings is 2. The van der Waals surface area contributed by atoms with E-state index in [0.29, 0.717) is 11.3 Å². The quantitative estimate of drug-likeness (QED) is 0.777. The lowest BCUT2D eigenvalue weighted by Crippen LogP contribution is -2.26. The van der Waals surface area contributed by atoms with Crippen molar-refractivity contribution < 1.29 is 21.6 Å². The first-order valence-corrected chi connectivity index (χ1v) is 11.1. The second kappa shape index (κ2) is 7.56. The van der Waals surface area contributed by atoms with Crippen molar-refractivity contribution in [2.45, 2.75) is 29.7 Å². The molecule has 2 aromatic carbocycles. The van der Waals surface area contributed by atoms with E-state index in [9.17, 15) is 21.6 Å². The van der Waals surface area contributed by atoms with Gasteiger partial charge in [0.05, 0.1) is 9.79 Å². The second-order valence-corrected chi connectivity index (χ2v) is 9.62. The number of carbonyl (C=O) groups is 1. The molecule has 0 aliphatic carbocycles. The Hall–Kier alpha value is -2.23. The first-order chi connectivity index (χ1) is 12.0. The van der Waals surface area contributed by atoms with E-state index >= 15 is 0 Å². The van der Waals surface area contributed by atoms with Crippen molar-refractivity contribution in [3.63, 3.8) is 0 Å². The van der Waals surface area contributed by atoms with E-state index in [1.54, 1.807) is 19.1 Å². The van der Waals surface area contributed by atoms with Crippen LogP contribution in [0.5, 0.6) is 0 Å². The maximum absolute atomic E-state index is 12.5. The molecule has 2 N–H and O–H groups in total. The lowest BCUT2D eigenvalue weighted by molar-refractivity contribution is -0.114. The fourth-order valence-corrected chi connectivity index (χ4v) is 4.16. The van der Waals surface area contributed by atoms with Gasteiger partial charge in [0.25, 0.3) is 0 Å². The predicted molar refractivity (Wildman–Crippen MR) is 99.0 cm³/mol. The summed E-state index contributed by atoms with van der Waals surface area (Å²) in [5, 5.41) is 2.56. The summed E-state index contributed by atoms with van der Waals surface area (Å²) >= 11 is 0. The summed E-state index contributed by atoms with van der Waals surface area (Å²) < 4.78 is 50.5. The summed E-state index contributed by atoms with van der Waals surface area (Å²) in [6.45, 7) is 3.03. The molecule has 1 amide bonds. The molecule has 7 nitrogen and oxygen atoms in total. The zero-order valence-corrected chi connectivity index (χ0v) is 16.2. The van der Waals surface area contributed by atoms with Crippen LogP contribution < -0.4 is 10.0 Å². The van der Waals surface area contributed by atoms with Gasteiger partial charge in [0.15, 0.2) is 9.84 Å². The standard InChI is InChI=1S/C17H20N2O5S2/c1-12(14-4-8-16(9-5-14)25(3,21)22)19-26(23,24)17-10-6-15(7-11-17)18-13(2)20/h4-12,19H,1-3H3,(H,18,20)/t12-/m0/s1. The Balaban J connectivity index is 2.16. The summed E-state index contributed by atoms with van der Waals surface area (Å²) in [4.78, 5) is 11.2. The van der Waals surface area contributed by atoms with E-state index in [1.165, 1.54) is 43.3 Å². The molecule has 2 aromatic rings. The van der Waals surface area contributed by atoms with Crippen molar-refractivity contribution in [3.8, 4) is 0 Å². The van der Waals surface area contributed by atoms with Gasteiger partial charge in [-0.3, -0.25) is 4.79 Å². The molecule has 0 fully saturated rings. The maximum Gasteiger partial charge on any atom is 0.241 e. The number of rotatable bonds is 6. The minimum absolute atomic E-state index is 0.0613. The van der Waals surface area contributed by atoms with Gasteiger partial charge in [-0.2, -0.15) is 0 Å². The van der Waals surface area contributed by atoms with Crippen molar-refractivity contribution in [1.82, 2.24) is 4.72 Å². The van der Waals surface area contributed by atoms with Gasteiger partial charge in [0, 0.05) is 24.9 Å². The molecule has 0 saturated heterocycles. The lowest BCUT2D eigenvalue weighted by Gasteiger charge is -2.15. The monoisotopic (exact) mass is 396 g/mol. The van der Waals surface area contributed by atoms with Crippen LogP contribution in [0.4, 0.5) is 5.69 Å². The smallest absolute Gasteiger partial charge is 0.241 e. The number of carbonyl (C=O) groups excluding carboxylic acids is 1. The third-order valence-corrected chi connectivity index (χ3v) is 6.31. The Labute approximate surface area is 153 Å². The third kappa shape index (κ3) is 5.13. The fourth-order valence-electron chi connectivity index (χ4n) is 2.29. The van der Waals surface area contributed by atoms with Crippen LogP contribution in [0.1, 0.15) is 25.5 Å². The van der Waals surface area contributed by atoms with Crippen LogP contribution >= 0.6 is 0 Å². The molecule has 0 unspecified atom stereocenters. The average Bonchev–Trinajstić information content (AvgIpc) is 2.53. The fraction of sp³-hybridized carbons (Fsp3) is 0.235. The zero-order chi connectivity index (χ0) is 19.5. The average molecular weight is 396 g/mol. The topological polar surface area (TPSA) is 109 Å². The van der Waals surface area contributed by atoms with Crippen LogP contribution in [0.2, 0.25) is 0 Å². The predicted octanol–water partition coefficient (Wildman–Crippen LogP) is 2.09. The van der Waals surface area contributed by atoms with Crippen LogP contribution in [0.25, 0.3) is 0 Å². The van der Waals surface area contributed by atoms with Crippen molar-refractivity contribution in [2.24, 2.45) is 0 Å². The molecule has 0 bridgehead atoms. The Morgan fingerprint density at radius 2 is 1.38 bits per heavy atom. The SMILES string of the molecule is CC(=O)Nc1ccc(S(=O)(=O)N[C@@H](C)c2ccc(S(C)(=O)=O)cc2)cc1. The van der Waals surface area contributed by atoms with E-state index in [0.717, 1.165) is 6.26 Å². The van der Waals surface area contributed by atoms with E-state index < -0.39 is 25.9 Å². The van der Waals surface area contributed by atoms with Gasteiger partial charge in [0.1, 0.15) is 0 Å². The molecule has 0 aromatic heterocycles. The number of nitrogens with one attached hydrogen (secondary N) is 2. The number of sulfonamides is 1. The highest BCUT2D eigenvalue weighted by atomic mass is 32.2. The van der Waals surface area contributed by atoms with Gasteiger partial charge >= 0.3 is 0 Å². The van der Waals surface area contributed by atoms with Crippen LogP contribution in [-0.2, 0) is 24.7 Å². The molecule has 1 atom stereocenters. The summed E-state index contributed by atoms with van der Waals surface area (Å²) in [7, 11) is -7.08. The van der Waals surface area contributed by atoms with Crippen molar-refractivity contribution >= 4 is 31.5 Å². The summed E-state index contributed by atoms with van der Waals surface area (Å²) in [6.07, 6.45) is 1.11. The van der Waals surface area contributed by atoms with Crippen LogP contribution in [0, 0.1) is 0 Å². The highest BCUT2D eigenvalue weighted by Crippen LogP contribution is 2.20. The van der Waals surface area contributed by atoms with Gasteiger partial charge in [-0.25, -0.2) is 21.6 Å². The Morgan fingerprint density at radius 3 is 1.85 bits per heavy atom. The number of anilines is 1. The van der Waals surface area contributed by atoms with E-state index in [1.807, 2.05) is 0 Å². The molecule has 0 saturated carbocycles. The van der Waals surface area contributed by atoms with E-state index in [-0.39, 0.29) is 15.7 Å². The largest absolute Gasteiger partial charge is 0.326 e. The minimum Gasteiger partial charge on any atom is -0.326 e. The van der Waals surface area contributed by atoms with Crippen molar-refractivity contribution in [2.75, 3.05) is 11.6 Å². The zero-order valence-electron chi connectivity index (χ0n) is 14.6. The first-order valence-electron chi connectivity index (χ1n) is 7.69. The van der Waals surface area contributed by atoms with Crippen molar-refractivity contribution in [3.05, 3.63) is 54.1 Å². The second-order valence-electron chi connectivity index (χ2n) is 5.89. The van der Waals surface area contributed by atoms with Crippen LogP contribution in [-0.4, -0.2) is 29.0 Å². The molecule has 26 heavy (non-hydrogen) atoms. The van der Waals surface area contributed by atoms with Crippen LogP contribution in [0.3, 0.4) is 0 Å². The molecule has 0 aliphatic heterocycles. The Bertz CT molecular complexity index is 996. The molecular formula is C17H20N2O5S2. The van der Waals surface area contributed by atoms with Gasteiger partial charge in [-0.1, -0.05) is 12.1 Å². The van der Waals surface area contributed by atoms with E-state index in [2.05, 4.69) is 10.0 Å². The summed E-state index contributed by atoms with van der Waals surface area (Å²) in [6, 6.07) is 11.3. The Kier molecular flexibility index (Phi) is 5.84. The van der Waals surface area contributed by atoms with Gasteiger partial charge in [-0.15, -0.1) is 0 Å². The third-order valence-electron chi connectivity index (χ3n) is 3.63. The van der Waals surface area contributed by atoms with Gasteiger partial charge in [-0.05, 0) is 48.9 Å². The lowest BCUT2D eigenvalue weighted by atomic mass is 10.1. The number of sulfone groups is 1. The summed E-state index contributed by atoms with van der Waals surface area (Å²) in [5.41, 5.74) is 1.14. The summed E-state index contributed by atoms with van der Waals surface area (Å²) in [5.74, 6) is -0.245. The highest BCUT2D eigenvalue weighted by Gasteiger charge is 2.19. The number of amides is 1. The number of hydrogen-bond donors (Lipinski definition) is 2. The number of hydrogen-bond acceptors (Lipinski definition) is 5. The molecule has 0 radical (unpaired) electrons. The molecule has 140 valence electrons. The molecule has 0 heterocycles. The van der Waals surface area contributed by atoms with Crippen molar-refractivity contribution in [1.29, 1.82) is 0 Å². The minimum atomic E-state index is -3.77. The molecule has 9 heteroatoms. The van der Waals surface area contributed by atoms with Gasteiger partial charge < -0.3 is 5.32 Å². The molecule has 2 rings (SSSR count). The normalized spacial score (nSPS) is 13.2.